The Kier molecular flexibility index (Phi) is 7.62. The van der Waals surface area contributed by atoms with Crippen LogP contribution in [0.1, 0.15) is 36.6 Å². The van der Waals surface area contributed by atoms with E-state index in [1.165, 1.54) is 42.8 Å². The number of likely N-dealkylation sites (tertiary alicyclic amines) is 1. The van der Waals surface area contributed by atoms with Crippen LogP contribution in [-0.2, 0) is 6.54 Å². The van der Waals surface area contributed by atoms with Crippen molar-refractivity contribution in [2.45, 2.75) is 45.7 Å². The monoisotopic (exact) mass is 448 g/mol. The number of aryl methyl sites for hydroxylation is 1. The minimum Gasteiger partial charge on any atom is -0.357 e. The Hall–Kier alpha value is -0.340. The SMILES string of the molecule is CCNC(=NCc1sccc1C)NCC1CCN(C2CC2)C1.I. The first-order chi connectivity index (χ1) is 10.8. The molecule has 0 bridgehead atoms. The highest BCUT2D eigenvalue weighted by atomic mass is 127. The van der Waals surface area contributed by atoms with E-state index in [1.54, 1.807) is 11.3 Å². The van der Waals surface area contributed by atoms with Gasteiger partial charge < -0.3 is 15.5 Å². The van der Waals surface area contributed by atoms with Crippen LogP contribution < -0.4 is 10.6 Å². The molecule has 0 radical (unpaired) electrons. The molecule has 6 heteroatoms. The van der Waals surface area contributed by atoms with Crippen LogP contribution in [0.2, 0.25) is 0 Å². The van der Waals surface area contributed by atoms with E-state index in [9.17, 15) is 0 Å². The van der Waals surface area contributed by atoms with Crippen molar-refractivity contribution in [3.05, 3.63) is 21.9 Å². The smallest absolute Gasteiger partial charge is 0.191 e. The van der Waals surface area contributed by atoms with Crippen molar-refractivity contribution in [3.8, 4) is 0 Å². The number of nitrogens with zero attached hydrogens (tertiary/aromatic N) is 2. The van der Waals surface area contributed by atoms with Crippen molar-refractivity contribution < 1.29 is 0 Å². The summed E-state index contributed by atoms with van der Waals surface area (Å²) in [5.41, 5.74) is 1.35. The van der Waals surface area contributed by atoms with Crippen LogP contribution in [0.3, 0.4) is 0 Å². The van der Waals surface area contributed by atoms with Crippen LogP contribution in [0.4, 0.5) is 0 Å². The normalized spacial score (nSPS) is 22.0. The van der Waals surface area contributed by atoms with Gasteiger partial charge in [0.1, 0.15) is 0 Å². The Labute approximate surface area is 161 Å². The number of rotatable bonds is 6. The zero-order chi connectivity index (χ0) is 15.4. The van der Waals surface area contributed by atoms with Crippen molar-refractivity contribution in [1.82, 2.24) is 15.5 Å². The lowest BCUT2D eigenvalue weighted by atomic mass is 10.1. The Balaban J connectivity index is 0.00000192. The van der Waals surface area contributed by atoms with E-state index < -0.39 is 0 Å². The van der Waals surface area contributed by atoms with Gasteiger partial charge in [-0.15, -0.1) is 35.3 Å². The predicted octanol–water partition coefficient (Wildman–Crippen LogP) is 3.21. The van der Waals surface area contributed by atoms with Gasteiger partial charge in [0.25, 0.3) is 0 Å². The lowest BCUT2D eigenvalue weighted by molar-refractivity contribution is 0.314. The summed E-state index contributed by atoms with van der Waals surface area (Å²) < 4.78 is 0. The lowest BCUT2D eigenvalue weighted by Crippen LogP contribution is -2.40. The largest absolute Gasteiger partial charge is 0.357 e. The molecule has 0 spiro atoms. The predicted molar refractivity (Wildman–Crippen MR) is 110 cm³/mol. The van der Waals surface area contributed by atoms with Gasteiger partial charge in [-0.25, -0.2) is 4.99 Å². The minimum absolute atomic E-state index is 0. The molecule has 2 aliphatic rings. The number of thiophene rings is 1. The van der Waals surface area contributed by atoms with E-state index in [0.29, 0.717) is 0 Å². The molecule has 1 aromatic rings. The van der Waals surface area contributed by atoms with E-state index in [4.69, 9.17) is 4.99 Å². The molecule has 4 nitrogen and oxygen atoms in total. The summed E-state index contributed by atoms with van der Waals surface area (Å²) >= 11 is 1.79. The maximum Gasteiger partial charge on any atom is 0.191 e. The van der Waals surface area contributed by atoms with Crippen LogP contribution in [0.5, 0.6) is 0 Å². The second kappa shape index (κ2) is 9.22. The summed E-state index contributed by atoms with van der Waals surface area (Å²) in [6.07, 6.45) is 4.17. The number of hydrogen-bond acceptors (Lipinski definition) is 3. The van der Waals surface area contributed by atoms with E-state index in [2.05, 4.69) is 40.8 Å². The first-order valence-electron chi connectivity index (χ1n) is 8.55. The zero-order valence-electron chi connectivity index (χ0n) is 14.2. The van der Waals surface area contributed by atoms with E-state index >= 15 is 0 Å². The second-order valence-electron chi connectivity index (χ2n) is 6.48. The quantitative estimate of drug-likeness (QED) is 0.399. The fourth-order valence-electron chi connectivity index (χ4n) is 3.10. The summed E-state index contributed by atoms with van der Waals surface area (Å²) in [5.74, 6) is 1.73. The molecule has 23 heavy (non-hydrogen) atoms. The van der Waals surface area contributed by atoms with Crippen LogP contribution in [0, 0.1) is 12.8 Å². The molecule has 130 valence electrons. The van der Waals surface area contributed by atoms with Gasteiger partial charge in [-0.05, 0) is 62.6 Å². The minimum atomic E-state index is 0. The first kappa shape index (κ1) is 19.0. The van der Waals surface area contributed by atoms with Crippen molar-refractivity contribution in [1.29, 1.82) is 0 Å². The molecule has 1 aliphatic carbocycles. The number of nitrogens with one attached hydrogen (secondary N) is 2. The fraction of sp³-hybridized carbons (Fsp3) is 0.706. The standard InChI is InChI=1S/C17H28N4S.HI/c1-3-18-17(20-11-16-13(2)7-9-22-16)19-10-14-6-8-21(12-14)15-4-5-15;/h7,9,14-15H,3-6,8,10-12H2,1-2H3,(H2,18,19,20);1H. The summed E-state index contributed by atoms with van der Waals surface area (Å²) in [7, 11) is 0. The summed E-state index contributed by atoms with van der Waals surface area (Å²) in [4.78, 5) is 8.77. The average molecular weight is 448 g/mol. The van der Waals surface area contributed by atoms with Gasteiger partial charge in [0, 0.05) is 30.6 Å². The summed E-state index contributed by atoms with van der Waals surface area (Å²) in [5, 5.41) is 9.05. The molecular weight excluding hydrogens is 419 g/mol. The molecule has 1 aliphatic heterocycles. The number of hydrogen-bond donors (Lipinski definition) is 2. The topological polar surface area (TPSA) is 39.7 Å². The Bertz CT molecular complexity index is 512. The molecule has 2 heterocycles. The van der Waals surface area contributed by atoms with E-state index in [0.717, 1.165) is 37.6 Å². The molecule has 2 fully saturated rings. The Morgan fingerprint density at radius 2 is 2.17 bits per heavy atom. The third kappa shape index (κ3) is 5.60. The molecule has 1 atom stereocenters. The van der Waals surface area contributed by atoms with Crippen molar-refractivity contribution in [3.63, 3.8) is 0 Å². The number of halogens is 1. The van der Waals surface area contributed by atoms with E-state index in [-0.39, 0.29) is 24.0 Å². The molecule has 1 saturated carbocycles. The van der Waals surface area contributed by atoms with Crippen molar-refractivity contribution in [2.24, 2.45) is 10.9 Å². The fourth-order valence-corrected chi connectivity index (χ4v) is 3.93. The van der Waals surface area contributed by atoms with Crippen LogP contribution >= 0.6 is 35.3 Å². The van der Waals surface area contributed by atoms with Gasteiger partial charge in [0.15, 0.2) is 5.96 Å². The highest BCUT2D eigenvalue weighted by Crippen LogP contribution is 2.31. The summed E-state index contributed by atoms with van der Waals surface area (Å²) in [6, 6.07) is 3.08. The maximum atomic E-state index is 4.74. The Morgan fingerprint density at radius 3 is 2.83 bits per heavy atom. The van der Waals surface area contributed by atoms with Gasteiger partial charge in [-0.2, -0.15) is 0 Å². The third-order valence-electron chi connectivity index (χ3n) is 4.63. The second-order valence-corrected chi connectivity index (χ2v) is 7.48. The average Bonchev–Trinajstić information content (AvgIpc) is 3.12. The highest BCUT2D eigenvalue weighted by molar-refractivity contribution is 14.0. The number of aliphatic imine (C=N–C) groups is 1. The van der Waals surface area contributed by atoms with Gasteiger partial charge >= 0.3 is 0 Å². The van der Waals surface area contributed by atoms with Gasteiger partial charge in [-0.1, -0.05) is 0 Å². The molecular formula is C17H29IN4S. The molecule has 2 N–H and O–H groups in total. The van der Waals surface area contributed by atoms with Crippen LogP contribution in [0.25, 0.3) is 0 Å². The number of guanidine groups is 1. The molecule has 1 saturated heterocycles. The van der Waals surface area contributed by atoms with E-state index in [1.807, 2.05) is 0 Å². The zero-order valence-corrected chi connectivity index (χ0v) is 17.3. The van der Waals surface area contributed by atoms with Gasteiger partial charge in [0.2, 0.25) is 0 Å². The van der Waals surface area contributed by atoms with Crippen LogP contribution in [-0.4, -0.2) is 43.1 Å². The first-order valence-corrected chi connectivity index (χ1v) is 9.43. The van der Waals surface area contributed by atoms with Crippen LogP contribution in [0.15, 0.2) is 16.4 Å². The van der Waals surface area contributed by atoms with Gasteiger partial charge in [-0.3, -0.25) is 0 Å². The molecule has 3 rings (SSSR count). The molecule has 1 aromatic heterocycles. The molecule has 1 unspecified atom stereocenters. The molecule has 0 amide bonds. The third-order valence-corrected chi connectivity index (χ3v) is 5.64. The Morgan fingerprint density at radius 1 is 1.35 bits per heavy atom. The molecule has 0 aromatic carbocycles. The van der Waals surface area contributed by atoms with Crippen molar-refractivity contribution in [2.75, 3.05) is 26.2 Å². The van der Waals surface area contributed by atoms with Crippen molar-refractivity contribution >= 4 is 41.3 Å². The summed E-state index contributed by atoms with van der Waals surface area (Å²) in [6.45, 7) is 9.56. The highest BCUT2D eigenvalue weighted by Gasteiger charge is 2.34. The van der Waals surface area contributed by atoms with Gasteiger partial charge in [0.05, 0.1) is 6.54 Å². The maximum absolute atomic E-state index is 4.74. The lowest BCUT2D eigenvalue weighted by Gasteiger charge is -2.17.